The zero-order valence-electron chi connectivity index (χ0n) is 21.4. The first-order chi connectivity index (χ1) is 16.3. The summed E-state index contributed by atoms with van der Waals surface area (Å²) < 4.78 is 42.6. The quantitative estimate of drug-likeness (QED) is 0.413. The fraction of sp³-hybridized carbons (Fsp3) is 0.536. The second-order valence-electron chi connectivity index (χ2n) is 10.8. The Morgan fingerprint density at radius 3 is 2.37 bits per heavy atom. The van der Waals surface area contributed by atoms with Gasteiger partial charge in [-0.15, -0.1) is 0 Å². The normalized spacial score (nSPS) is 14.3. The van der Waals surface area contributed by atoms with E-state index in [1.165, 1.54) is 11.1 Å². The number of hydrogen-bond acceptors (Lipinski definition) is 3. The average Bonchev–Trinajstić information content (AvgIpc) is 2.94. The Labute approximate surface area is 206 Å². The molecule has 0 saturated carbocycles. The van der Waals surface area contributed by atoms with E-state index < -0.39 is 12.6 Å². The number of benzene rings is 2. The van der Waals surface area contributed by atoms with E-state index in [2.05, 4.69) is 43.1 Å². The minimum atomic E-state index is -4.15. The number of halogens is 3. The monoisotopic (exact) mass is 490 g/mol. The lowest BCUT2D eigenvalue weighted by molar-refractivity contribution is -0.136. The summed E-state index contributed by atoms with van der Waals surface area (Å²) in [5.41, 5.74) is 6.38. The number of amides is 1. The van der Waals surface area contributed by atoms with Gasteiger partial charge in [-0.25, -0.2) is 0 Å². The first-order valence-corrected chi connectivity index (χ1v) is 12.3. The molecule has 1 aliphatic heterocycles. The lowest BCUT2D eigenvalue weighted by atomic mass is 9.92. The second kappa shape index (κ2) is 10.9. The Morgan fingerprint density at radius 2 is 1.74 bits per heavy atom. The third-order valence-corrected chi connectivity index (χ3v) is 6.12. The van der Waals surface area contributed by atoms with Crippen LogP contribution in [0.2, 0.25) is 0 Å². The average molecular weight is 491 g/mol. The predicted molar refractivity (Wildman–Crippen MR) is 135 cm³/mol. The van der Waals surface area contributed by atoms with E-state index in [0.717, 1.165) is 48.4 Å². The number of ether oxygens (including phenoxy) is 1. The van der Waals surface area contributed by atoms with E-state index in [4.69, 9.17) is 4.74 Å². The van der Waals surface area contributed by atoms with Gasteiger partial charge in [-0.2, -0.15) is 13.2 Å². The maximum absolute atomic E-state index is 12.5. The van der Waals surface area contributed by atoms with Crippen molar-refractivity contribution in [2.24, 2.45) is 5.41 Å². The number of aryl methyl sites for hydroxylation is 3. The van der Waals surface area contributed by atoms with Gasteiger partial charge in [-0.05, 0) is 85.0 Å². The number of carbonyl (C=O) groups is 1. The Bertz CT molecular complexity index is 1020. The molecule has 1 amide bonds. The van der Waals surface area contributed by atoms with Crippen molar-refractivity contribution in [1.82, 2.24) is 0 Å². The highest BCUT2D eigenvalue weighted by Gasteiger charge is 2.26. The van der Waals surface area contributed by atoms with E-state index in [9.17, 15) is 18.0 Å². The number of carbonyl (C=O) groups excluding carboxylic acids is 1. The molecule has 0 aromatic heterocycles. The molecule has 7 heteroatoms. The van der Waals surface area contributed by atoms with Crippen LogP contribution in [0.15, 0.2) is 30.3 Å². The molecule has 35 heavy (non-hydrogen) atoms. The summed E-state index contributed by atoms with van der Waals surface area (Å²) in [6, 6.07) is 10.1. The molecule has 0 unspecified atom stereocenters. The van der Waals surface area contributed by atoms with Crippen LogP contribution in [0.5, 0.6) is 5.75 Å². The van der Waals surface area contributed by atoms with Crippen molar-refractivity contribution in [3.63, 3.8) is 0 Å². The highest BCUT2D eigenvalue weighted by Crippen LogP contribution is 2.32. The molecule has 3 rings (SSSR count). The maximum atomic E-state index is 12.5. The van der Waals surface area contributed by atoms with E-state index in [-0.39, 0.29) is 24.3 Å². The van der Waals surface area contributed by atoms with E-state index in [0.29, 0.717) is 12.2 Å². The summed E-state index contributed by atoms with van der Waals surface area (Å²) in [7, 11) is 0. The number of hydrogen-bond donors (Lipinski definition) is 1. The molecular weight excluding hydrogens is 453 g/mol. The van der Waals surface area contributed by atoms with Gasteiger partial charge in [0.25, 0.3) is 0 Å². The van der Waals surface area contributed by atoms with Crippen molar-refractivity contribution < 1.29 is 22.7 Å². The molecule has 192 valence electrons. The highest BCUT2D eigenvalue weighted by molar-refractivity contribution is 5.93. The van der Waals surface area contributed by atoms with Gasteiger partial charge in [0.15, 0.2) is 0 Å². The number of anilines is 2. The van der Waals surface area contributed by atoms with Crippen molar-refractivity contribution in [2.45, 2.75) is 79.4 Å². The van der Waals surface area contributed by atoms with Gasteiger partial charge in [-0.1, -0.05) is 26.8 Å². The summed E-state index contributed by atoms with van der Waals surface area (Å²) in [6.07, 6.45) is -2.69. The molecular formula is C28H37F3N2O2. The van der Waals surface area contributed by atoms with Crippen molar-refractivity contribution in [1.29, 1.82) is 0 Å². The van der Waals surface area contributed by atoms with Crippen molar-refractivity contribution >= 4 is 17.3 Å². The Balaban J connectivity index is 1.68. The Morgan fingerprint density at radius 1 is 1.06 bits per heavy atom. The molecule has 1 N–H and O–H groups in total. The van der Waals surface area contributed by atoms with E-state index in [1.807, 2.05) is 32.0 Å². The standard InChI is InChI=1S/C28H37F3N2O2/c1-19-14-23(15-20(2)26(19)32-25(34)17-27(3,4)5)33-12-6-8-21-16-24(10-9-22(21)18-33)35-13-7-11-28(29,30)31/h9-10,14-16H,6-8,11-13,17-18H2,1-5H3,(H,32,34). The molecule has 0 bridgehead atoms. The maximum Gasteiger partial charge on any atom is 0.389 e. The second-order valence-corrected chi connectivity index (χ2v) is 10.8. The van der Waals surface area contributed by atoms with Gasteiger partial charge in [0.05, 0.1) is 6.61 Å². The molecule has 0 aliphatic carbocycles. The molecule has 2 aromatic rings. The number of fused-ring (bicyclic) bond motifs is 1. The van der Waals surface area contributed by atoms with Gasteiger partial charge in [-0.3, -0.25) is 4.79 Å². The zero-order chi connectivity index (χ0) is 25.8. The molecule has 0 fully saturated rings. The zero-order valence-corrected chi connectivity index (χ0v) is 21.4. The predicted octanol–water partition coefficient (Wildman–Crippen LogP) is 7.35. The van der Waals surface area contributed by atoms with E-state index >= 15 is 0 Å². The van der Waals surface area contributed by atoms with Crippen molar-refractivity contribution in [3.8, 4) is 5.75 Å². The summed E-state index contributed by atoms with van der Waals surface area (Å²) in [5, 5.41) is 3.09. The third kappa shape index (κ3) is 8.18. The first kappa shape index (κ1) is 26.9. The van der Waals surface area contributed by atoms with Crippen LogP contribution >= 0.6 is 0 Å². The SMILES string of the molecule is Cc1cc(N2CCCc3cc(OCCCC(F)(F)F)ccc3C2)cc(C)c1NC(=O)CC(C)(C)C. The summed E-state index contributed by atoms with van der Waals surface area (Å²) in [4.78, 5) is 14.8. The number of nitrogens with one attached hydrogen (secondary N) is 1. The third-order valence-electron chi connectivity index (χ3n) is 6.12. The Hall–Kier alpha value is -2.70. The highest BCUT2D eigenvalue weighted by atomic mass is 19.4. The number of nitrogens with zero attached hydrogens (tertiary/aromatic N) is 1. The minimum absolute atomic E-state index is 0.0246. The van der Waals surface area contributed by atoms with Gasteiger partial charge >= 0.3 is 6.18 Å². The van der Waals surface area contributed by atoms with Crippen LogP contribution < -0.4 is 15.0 Å². The van der Waals surface area contributed by atoms with E-state index in [1.54, 1.807) is 0 Å². The topological polar surface area (TPSA) is 41.6 Å². The van der Waals surface area contributed by atoms with Gasteiger partial charge < -0.3 is 15.0 Å². The molecule has 0 radical (unpaired) electrons. The molecule has 1 heterocycles. The lowest BCUT2D eigenvalue weighted by Crippen LogP contribution is -2.23. The molecule has 2 aromatic carbocycles. The van der Waals surface area contributed by atoms with Crippen molar-refractivity contribution in [3.05, 3.63) is 52.6 Å². The van der Waals surface area contributed by atoms with Crippen LogP contribution in [0.3, 0.4) is 0 Å². The largest absolute Gasteiger partial charge is 0.494 e. The fourth-order valence-electron chi connectivity index (χ4n) is 4.49. The van der Waals surface area contributed by atoms with Crippen molar-refractivity contribution in [2.75, 3.05) is 23.4 Å². The summed E-state index contributed by atoms with van der Waals surface area (Å²) >= 11 is 0. The molecule has 0 spiro atoms. The smallest absolute Gasteiger partial charge is 0.389 e. The van der Waals surface area contributed by atoms with Crippen LogP contribution in [0.1, 0.15) is 68.7 Å². The van der Waals surface area contributed by atoms with Crippen LogP contribution in [-0.4, -0.2) is 25.2 Å². The van der Waals surface area contributed by atoms with Crippen LogP contribution in [-0.2, 0) is 17.8 Å². The van der Waals surface area contributed by atoms with Gasteiger partial charge in [0.1, 0.15) is 5.75 Å². The Kier molecular flexibility index (Phi) is 8.39. The summed E-state index contributed by atoms with van der Waals surface area (Å²) in [5.74, 6) is 0.651. The van der Waals surface area contributed by atoms with Crippen LogP contribution in [0.25, 0.3) is 0 Å². The lowest BCUT2D eigenvalue weighted by Gasteiger charge is -2.26. The molecule has 4 nitrogen and oxygen atoms in total. The van der Waals surface area contributed by atoms with Gasteiger partial charge in [0, 0.05) is 37.3 Å². The van der Waals surface area contributed by atoms with Crippen LogP contribution in [0.4, 0.5) is 24.5 Å². The fourth-order valence-corrected chi connectivity index (χ4v) is 4.49. The minimum Gasteiger partial charge on any atom is -0.494 e. The first-order valence-electron chi connectivity index (χ1n) is 12.3. The molecule has 1 aliphatic rings. The van der Waals surface area contributed by atoms with Crippen LogP contribution in [0, 0.1) is 19.3 Å². The van der Waals surface area contributed by atoms with Gasteiger partial charge in [0.2, 0.25) is 5.91 Å². The molecule has 0 atom stereocenters. The summed E-state index contributed by atoms with van der Waals surface area (Å²) in [6.45, 7) is 11.9. The number of alkyl halides is 3. The number of rotatable bonds is 7. The molecule has 0 saturated heterocycles.